The van der Waals surface area contributed by atoms with Crippen LogP contribution in [0.4, 0.5) is 5.95 Å². The first-order chi connectivity index (χ1) is 11.0. The van der Waals surface area contributed by atoms with Crippen LogP contribution in [0.25, 0.3) is 5.78 Å². The number of carbonyl (C=O) groups is 1. The van der Waals surface area contributed by atoms with E-state index in [0.29, 0.717) is 29.0 Å². The zero-order valence-corrected chi connectivity index (χ0v) is 13.4. The molecule has 1 saturated heterocycles. The Labute approximate surface area is 133 Å². The maximum Gasteiger partial charge on any atom is 0.303 e. The molecule has 8 nitrogen and oxygen atoms in total. The number of hydrogen-bond acceptors (Lipinski definition) is 5. The Bertz CT molecular complexity index is 794. The lowest BCUT2D eigenvalue weighted by atomic mass is 10.0. The average molecular weight is 319 g/mol. The summed E-state index contributed by atoms with van der Waals surface area (Å²) < 4.78 is 1.32. The van der Waals surface area contributed by atoms with E-state index in [-0.39, 0.29) is 18.4 Å². The summed E-state index contributed by atoms with van der Waals surface area (Å²) in [6.45, 7) is 4.77. The van der Waals surface area contributed by atoms with Gasteiger partial charge in [0.2, 0.25) is 5.95 Å². The van der Waals surface area contributed by atoms with Gasteiger partial charge in [-0.15, -0.1) is 0 Å². The standard InChI is InChI=1S/C15H21N5O3/c1-9-5-3-4-8-19(9)15-17-14-16-10(2)11(6-7-12(21)22)13(23)20(14)18-15/h9H,3-8H2,1-2H3,(H,21,22)(H,16,17,18). The van der Waals surface area contributed by atoms with Gasteiger partial charge in [-0.2, -0.15) is 9.50 Å². The SMILES string of the molecule is Cc1nc2nc(N3CCCCC3C)[nH]n2c(=O)c1CCC(=O)O. The number of nitrogens with zero attached hydrogens (tertiary/aromatic N) is 4. The van der Waals surface area contributed by atoms with Crippen LogP contribution in [0, 0.1) is 6.92 Å². The average Bonchev–Trinajstić information content (AvgIpc) is 2.91. The van der Waals surface area contributed by atoms with E-state index < -0.39 is 5.97 Å². The maximum atomic E-state index is 12.6. The fraction of sp³-hybridized carbons (Fsp3) is 0.600. The monoisotopic (exact) mass is 319 g/mol. The predicted molar refractivity (Wildman–Crippen MR) is 85.0 cm³/mol. The Morgan fingerprint density at radius 2 is 2.17 bits per heavy atom. The van der Waals surface area contributed by atoms with Gasteiger partial charge in [0.05, 0.1) is 5.69 Å². The number of piperidine rings is 1. The summed E-state index contributed by atoms with van der Waals surface area (Å²) in [5, 5.41) is 11.8. The fourth-order valence-corrected chi connectivity index (χ4v) is 3.10. The molecule has 1 aliphatic heterocycles. The van der Waals surface area contributed by atoms with E-state index in [2.05, 4.69) is 26.9 Å². The second kappa shape index (κ2) is 6.02. The van der Waals surface area contributed by atoms with Crippen molar-refractivity contribution in [2.45, 2.75) is 52.0 Å². The number of carboxylic acid groups (broad SMARTS) is 1. The summed E-state index contributed by atoms with van der Waals surface area (Å²) in [4.78, 5) is 34.3. The summed E-state index contributed by atoms with van der Waals surface area (Å²) in [6.07, 6.45) is 3.49. The summed E-state index contributed by atoms with van der Waals surface area (Å²) in [6, 6.07) is 0.368. The Balaban J connectivity index is 2.01. The molecule has 2 N–H and O–H groups in total. The Kier molecular flexibility index (Phi) is 4.06. The first-order valence-corrected chi connectivity index (χ1v) is 7.94. The number of fused-ring (bicyclic) bond motifs is 1. The summed E-state index contributed by atoms with van der Waals surface area (Å²) >= 11 is 0. The Morgan fingerprint density at radius 3 is 2.87 bits per heavy atom. The van der Waals surface area contributed by atoms with Crippen molar-refractivity contribution in [1.29, 1.82) is 0 Å². The largest absolute Gasteiger partial charge is 0.481 e. The molecule has 0 saturated carbocycles. The predicted octanol–water partition coefficient (Wildman–Crippen LogP) is 1.12. The zero-order valence-electron chi connectivity index (χ0n) is 13.4. The number of aryl methyl sites for hydroxylation is 1. The molecule has 0 bridgehead atoms. The lowest BCUT2D eigenvalue weighted by molar-refractivity contribution is -0.136. The number of rotatable bonds is 4. The van der Waals surface area contributed by atoms with Crippen molar-refractivity contribution >= 4 is 17.7 Å². The molecule has 1 atom stereocenters. The molecule has 1 aliphatic rings. The van der Waals surface area contributed by atoms with E-state index in [1.165, 1.54) is 10.9 Å². The van der Waals surface area contributed by atoms with E-state index in [0.717, 1.165) is 19.4 Å². The number of hydrogen-bond donors (Lipinski definition) is 2. The van der Waals surface area contributed by atoms with Gasteiger partial charge in [-0.05, 0) is 39.5 Å². The van der Waals surface area contributed by atoms with E-state index in [1.807, 2.05) is 0 Å². The van der Waals surface area contributed by atoms with Crippen LogP contribution in [0.1, 0.15) is 43.9 Å². The number of aromatic amines is 1. The third-order valence-corrected chi connectivity index (χ3v) is 4.45. The molecule has 0 amide bonds. The highest BCUT2D eigenvalue weighted by Gasteiger charge is 2.22. The van der Waals surface area contributed by atoms with Crippen LogP contribution in [0.15, 0.2) is 4.79 Å². The van der Waals surface area contributed by atoms with Gasteiger partial charge in [0.25, 0.3) is 11.3 Å². The highest BCUT2D eigenvalue weighted by molar-refractivity contribution is 5.67. The second-order valence-electron chi connectivity index (χ2n) is 6.10. The highest BCUT2D eigenvalue weighted by Crippen LogP contribution is 2.21. The van der Waals surface area contributed by atoms with Gasteiger partial charge >= 0.3 is 5.97 Å². The third kappa shape index (κ3) is 2.93. The first-order valence-electron chi connectivity index (χ1n) is 7.94. The van der Waals surface area contributed by atoms with Crippen LogP contribution in [-0.4, -0.2) is 43.2 Å². The first kappa shape index (κ1) is 15.5. The second-order valence-corrected chi connectivity index (χ2v) is 6.10. The molecule has 0 aromatic carbocycles. The van der Waals surface area contributed by atoms with Crippen LogP contribution in [0.3, 0.4) is 0 Å². The van der Waals surface area contributed by atoms with Gasteiger partial charge in [0.1, 0.15) is 0 Å². The summed E-state index contributed by atoms with van der Waals surface area (Å²) in [5.41, 5.74) is 0.699. The minimum Gasteiger partial charge on any atom is -0.481 e. The van der Waals surface area contributed by atoms with Crippen LogP contribution in [0.2, 0.25) is 0 Å². The van der Waals surface area contributed by atoms with Crippen molar-refractivity contribution in [3.8, 4) is 0 Å². The van der Waals surface area contributed by atoms with E-state index in [1.54, 1.807) is 6.92 Å². The number of nitrogens with one attached hydrogen (secondary N) is 1. The molecule has 0 aliphatic carbocycles. The topological polar surface area (TPSA) is 104 Å². The summed E-state index contributed by atoms with van der Waals surface area (Å²) in [7, 11) is 0. The molecule has 8 heteroatoms. The highest BCUT2D eigenvalue weighted by atomic mass is 16.4. The maximum absolute atomic E-state index is 12.6. The molecule has 0 spiro atoms. The minimum absolute atomic E-state index is 0.0893. The van der Waals surface area contributed by atoms with Gasteiger partial charge in [0.15, 0.2) is 0 Å². The molecule has 0 radical (unpaired) electrons. The molecule has 3 heterocycles. The lowest BCUT2D eigenvalue weighted by Gasteiger charge is -2.32. The number of aromatic nitrogens is 4. The normalized spacial score (nSPS) is 18.5. The van der Waals surface area contributed by atoms with Crippen LogP contribution in [-0.2, 0) is 11.2 Å². The van der Waals surface area contributed by atoms with Crippen molar-refractivity contribution in [3.63, 3.8) is 0 Å². The van der Waals surface area contributed by atoms with E-state index in [9.17, 15) is 9.59 Å². The molecule has 124 valence electrons. The van der Waals surface area contributed by atoms with Crippen LogP contribution >= 0.6 is 0 Å². The molecule has 23 heavy (non-hydrogen) atoms. The Hall–Kier alpha value is -2.38. The van der Waals surface area contributed by atoms with Crippen molar-refractivity contribution in [3.05, 3.63) is 21.6 Å². The molecular formula is C15H21N5O3. The molecule has 2 aromatic heterocycles. The van der Waals surface area contributed by atoms with Crippen molar-refractivity contribution in [1.82, 2.24) is 19.6 Å². The Morgan fingerprint density at radius 1 is 1.39 bits per heavy atom. The van der Waals surface area contributed by atoms with Crippen molar-refractivity contribution in [2.75, 3.05) is 11.4 Å². The third-order valence-electron chi connectivity index (χ3n) is 4.45. The lowest BCUT2D eigenvalue weighted by Crippen LogP contribution is -2.38. The number of aliphatic carboxylic acids is 1. The number of H-pyrrole nitrogens is 1. The van der Waals surface area contributed by atoms with Gasteiger partial charge < -0.3 is 10.0 Å². The van der Waals surface area contributed by atoms with E-state index in [4.69, 9.17) is 5.11 Å². The van der Waals surface area contributed by atoms with Gasteiger partial charge in [0, 0.05) is 24.6 Å². The molecule has 3 rings (SSSR count). The molecule has 1 fully saturated rings. The van der Waals surface area contributed by atoms with Gasteiger partial charge in [-0.25, -0.2) is 4.98 Å². The molecule has 2 aromatic rings. The fourth-order valence-electron chi connectivity index (χ4n) is 3.10. The van der Waals surface area contributed by atoms with Crippen molar-refractivity contribution < 1.29 is 9.90 Å². The smallest absolute Gasteiger partial charge is 0.303 e. The quantitative estimate of drug-likeness (QED) is 0.875. The number of carboxylic acids is 1. The zero-order chi connectivity index (χ0) is 16.6. The minimum atomic E-state index is -0.929. The molecular weight excluding hydrogens is 298 g/mol. The van der Waals surface area contributed by atoms with E-state index >= 15 is 0 Å². The van der Waals surface area contributed by atoms with Crippen LogP contribution in [0.5, 0.6) is 0 Å². The number of anilines is 1. The van der Waals surface area contributed by atoms with Gasteiger partial charge in [-0.3, -0.25) is 14.7 Å². The van der Waals surface area contributed by atoms with Gasteiger partial charge in [-0.1, -0.05) is 0 Å². The summed E-state index contributed by atoms with van der Waals surface area (Å²) in [5.74, 6) is 0.0530. The van der Waals surface area contributed by atoms with Crippen LogP contribution < -0.4 is 10.5 Å². The molecule has 1 unspecified atom stereocenters. The van der Waals surface area contributed by atoms with Crippen molar-refractivity contribution in [2.24, 2.45) is 0 Å².